The Hall–Kier alpha value is -3.72. The summed E-state index contributed by atoms with van der Waals surface area (Å²) in [5.74, 6) is -1.29. The van der Waals surface area contributed by atoms with Crippen LogP contribution < -0.4 is 9.62 Å². The molecule has 0 saturated carbocycles. The minimum absolute atomic E-state index is 0.0118. The van der Waals surface area contributed by atoms with E-state index in [2.05, 4.69) is 5.32 Å². The summed E-state index contributed by atoms with van der Waals surface area (Å²) in [4.78, 5) is 28.7. The van der Waals surface area contributed by atoms with Crippen LogP contribution in [0.2, 0.25) is 0 Å². The number of rotatable bonds is 12. The third-order valence-electron chi connectivity index (χ3n) is 6.86. The molecule has 40 heavy (non-hydrogen) atoms. The topological polar surface area (TPSA) is 86.8 Å². The van der Waals surface area contributed by atoms with Crippen molar-refractivity contribution in [3.05, 3.63) is 95.3 Å². The first-order valence-electron chi connectivity index (χ1n) is 13.5. The Kier molecular flexibility index (Phi) is 10.5. The third kappa shape index (κ3) is 7.69. The second-order valence-electron chi connectivity index (χ2n) is 10.1. The lowest BCUT2D eigenvalue weighted by molar-refractivity contribution is -0.140. The Morgan fingerprint density at radius 2 is 1.40 bits per heavy atom. The van der Waals surface area contributed by atoms with Gasteiger partial charge in [0.25, 0.3) is 10.0 Å². The van der Waals surface area contributed by atoms with Crippen LogP contribution in [0.3, 0.4) is 0 Å². The predicted octanol–water partition coefficient (Wildman–Crippen LogP) is 5.36. The first-order valence-corrected chi connectivity index (χ1v) is 14.9. The van der Waals surface area contributed by atoms with Gasteiger partial charge in [-0.15, -0.1) is 0 Å². The maximum Gasteiger partial charge on any atom is 0.264 e. The molecule has 2 amide bonds. The number of nitrogens with zero attached hydrogens (tertiary/aromatic N) is 2. The molecule has 3 rings (SSSR count). The monoisotopic (exact) mass is 567 g/mol. The van der Waals surface area contributed by atoms with E-state index in [4.69, 9.17) is 0 Å². The lowest BCUT2D eigenvalue weighted by Gasteiger charge is -2.33. The van der Waals surface area contributed by atoms with E-state index in [0.717, 1.165) is 15.4 Å². The number of sulfonamides is 1. The zero-order valence-corrected chi connectivity index (χ0v) is 24.5. The van der Waals surface area contributed by atoms with Crippen molar-refractivity contribution in [3.63, 3.8) is 0 Å². The molecular weight excluding hydrogens is 529 g/mol. The molecule has 214 valence electrons. The van der Waals surface area contributed by atoms with Crippen molar-refractivity contribution in [3.8, 4) is 0 Å². The van der Waals surface area contributed by atoms with E-state index in [0.29, 0.717) is 24.1 Å². The minimum atomic E-state index is -4.13. The van der Waals surface area contributed by atoms with E-state index in [-0.39, 0.29) is 23.4 Å². The van der Waals surface area contributed by atoms with Gasteiger partial charge in [-0.2, -0.15) is 0 Å². The van der Waals surface area contributed by atoms with Crippen LogP contribution in [0.4, 0.5) is 10.1 Å². The molecule has 3 aromatic rings. The molecule has 0 radical (unpaired) electrons. The molecule has 0 aromatic heterocycles. The van der Waals surface area contributed by atoms with Gasteiger partial charge in [0.1, 0.15) is 18.4 Å². The van der Waals surface area contributed by atoms with E-state index >= 15 is 0 Å². The summed E-state index contributed by atoms with van der Waals surface area (Å²) >= 11 is 0. The highest BCUT2D eigenvalue weighted by atomic mass is 32.2. The summed E-state index contributed by atoms with van der Waals surface area (Å²) in [5, 5.41) is 2.94. The zero-order valence-electron chi connectivity index (χ0n) is 23.7. The van der Waals surface area contributed by atoms with Crippen LogP contribution >= 0.6 is 0 Å². The number of nitrogens with one attached hydrogen (secondary N) is 1. The molecule has 0 aliphatic carbocycles. The van der Waals surface area contributed by atoms with E-state index in [1.807, 2.05) is 27.7 Å². The molecule has 0 fully saturated rings. The van der Waals surface area contributed by atoms with Crippen LogP contribution in [0.5, 0.6) is 0 Å². The van der Waals surface area contributed by atoms with Crippen molar-refractivity contribution >= 4 is 27.5 Å². The number of aryl methyl sites for hydroxylation is 2. The molecule has 0 heterocycles. The Bertz CT molecular complexity index is 1390. The van der Waals surface area contributed by atoms with Crippen molar-refractivity contribution in [2.24, 2.45) is 0 Å². The molecule has 2 atom stereocenters. The molecule has 7 nitrogen and oxygen atoms in total. The first-order chi connectivity index (χ1) is 19.0. The van der Waals surface area contributed by atoms with Crippen LogP contribution in [-0.4, -0.2) is 43.8 Å². The van der Waals surface area contributed by atoms with Crippen molar-refractivity contribution in [2.45, 2.75) is 71.0 Å². The number of benzene rings is 3. The standard InChI is InChI=1S/C31H38FN3O4S/c1-6-24(5)33-31(37)29(7-2)34(20-25-12-14-26(32)15-13-25)30(36)21-35(27-16-8-22(3)9-17-27)40(38,39)28-18-10-23(4)11-19-28/h8-19,24,29H,6-7,20-21H2,1-5H3,(H,33,37). The zero-order chi connectivity index (χ0) is 29.4. The second kappa shape index (κ2) is 13.6. The maximum atomic E-state index is 14.0. The van der Waals surface area contributed by atoms with E-state index in [1.165, 1.54) is 29.2 Å². The van der Waals surface area contributed by atoms with Crippen molar-refractivity contribution < 1.29 is 22.4 Å². The number of anilines is 1. The lowest BCUT2D eigenvalue weighted by atomic mass is 10.1. The smallest absolute Gasteiger partial charge is 0.264 e. The van der Waals surface area contributed by atoms with E-state index in [1.54, 1.807) is 55.5 Å². The first kappa shape index (κ1) is 30.8. The summed E-state index contributed by atoms with van der Waals surface area (Å²) in [7, 11) is -4.13. The van der Waals surface area contributed by atoms with E-state index < -0.39 is 34.3 Å². The van der Waals surface area contributed by atoms with Gasteiger partial charge in [0, 0.05) is 12.6 Å². The Morgan fingerprint density at radius 3 is 1.93 bits per heavy atom. The summed E-state index contributed by atoms with van der Waals surface area (Å²) in [5.41, 5.74) is 2.79. The van der Waals surface area contributed by atoms with Gasteiger partial charge in [-0.1, -0.05) is 61.4 Å². The van der Waals surface area contributed by atoms with Gasteiger partial charge in [0.05, 0.1) is 10.6 Å². The molecule has 3 aromatic carbocycles. The summed E-state index contributed by atoms with van der Waals surface area (Å²) < 4.78 is 42.4. The number of carbonyl (C=O) groups excluding carboxylic acids is 2. The predicted molar refractivity (Wildman–Crippen MR) is 156 cm³/mol. The Balaban J connectivity index is 2.04. The van der Waals surface area contributed by atoms with E-state index in [9.17, 15) is 22.4 Å². The lowest BCUT2D eigenvalue weighted by Crippen LogP contribution is -2.53. The van der Waals surface area contributed by atoms with Gasteiger partial charge < -0.3 is 10.2 Å². The van der Waals surface area contributed by atoms with Crippen LogP contribution in [0.1, 0.15) is 50.3 Å². The number of halogens is 1. The van der Waals surface area contributed by atoms with Crippen molar-refractivity contribution in [1.29, 1.82) is 0 Å². The molecule has 0 aliphatic rings. The fourth-order valence-electron chi connectivity index (χ4n) is 4.22. The number of carbonyl (C=O) groups is 2. The number of hydrogen-bond acceptors (Lipinski definition) is 4. The van der Waals surface area contributed by atoms with Gasteiger partial charge >= 0.3 is 0 Å². The molecular formula is C31H38FN3O4S. The SMILES string of the molecule is CCC(C)NC(=O)C(CC)N(Cc1ccc(F)cc1)C(=O)CN(c1ccc(C)cc1)S(=O)(=O)c1ccc(C)cc1. The largest absolute Gasteiger partial charge is 0.352 e. The van der Waals surface area contributed by atoms with Crippen molar-refractivity contribution in [2.75, 3.05) is 10.8 Å². The molecule has 0 spiro atoms. The van der Waals surface area contributed by atoms with Crippen LogP contribution in [-0.2, 0) is 26.2 Å². The molecule has 1 N–H and O–H groups in total. The fraction of sp³-hybridized carbons (Fsp3) is 0.355. The van der Waals surface area contributed by atoms with Gasteiger partial charge in [-0.05, 0) is 75.6 Å². The number of hydrogen-bond donors (Lipinski definition) is 1. The Morgan fingerprint density at radius 1 is 0.850 bits per heavy atom. The van der Waals surface area contributed by atoms with Crippen molar-refractivity contribution in [1.82, 2.24) is 10.2 Å². The minimum Gasteiger partial charge on any atom is -0.352 e. The highest BCUT2D eigenvalue weighted by molar-refractivity contribution is 7.92. The van der Waals surface area contributed by atoms with Crippen LogP contribution in [0.15, 0.2) is 77.7 Å². The van der Waals surface area contributed by atoms with Crippen LogP contribution in [0.25, 0.3) is 0 Å². The van der Waals surface area contributed by atoms with Gasteiger partial charge in [0.2, 0.25) is 11.8 Å². The Labute approximate surface area is 237 Å². The third-order valence-corrected chi connectivity index (χ3v) is 8.65. The molecule has 0 saturated heterocycles. The molecule has 9 heteroatoms. The second-order valence-corrected chi connectivity index (χ2v) is 11.9. The molecule has 2 unspecified atom stereocenters. The van der Waals surface area contributed by atoms with Crippen LogP contribution in [0, 0.1) is 19.7 Å². The number of amides is 2. The van der Waals surface area contributed by atoms with Gasteiger partial charge in [0.15, 0.2) is 0 Å². The molecule has 0 aliphatic heterocycles. The quantitative estimate of drug-likeness (QED) is 0.319. The van der Waals surface area contributed by atoms with Gasteiger partial charge in [-0.3, -0.25) is 13.9 Å². The average molecular weight is 568 g/mol. The highest BCUT2D eigenvalue weighted by Crippen LogP contribution is 2.25. The summed E-state index contributed by atoms with van der Waals surface area (Å²) in [6.45, 7) is 8.87. The highest BCUT2D eigenvalue weighted by Gasteiger charge is 2.34. The maximum absolute atomic E-state index is 14.0. The molecule has 0 bridgehead atoms. The normalized spacial score (nSPS) is 12.8. The summed E-state index contributed by atoms with van der Waals surface area (Å²) in [6, 6.07) is 18.0. The fourth-order valence-corrected chi connectivity index (χ4v) is 5.64. The summed E-state index contributed by atoms with van der Waals surface area (Å²) in [6.07, 6.45) is 1.02. The average Bonchev–Trinajstić information content (AvgIpc) is 2.93. The van der Waals surface area contributed by atoms with Gasteiger partial charge in [-0.25, -0.2) is 12.8 Å².